The van der Waals surface area contributed by atoms with Crippen LogP contribution in [-0.4, -0.2) is 4.57 Å². The summed E-state index contributed by atoms with van der Waals surface area (Å²) in [5.41, 5.74) is 12.9. The Bertz CT molecular complexity index is 2810. The zero-order valence-corrected chi connectivity index (χ0v) is 27.8. The van der Waals surface area contributed by atoms with Crippen molar-refractivity contribution in [1.82, 2.24) is 4.57 Å². The number of hydrogen-bond acceptors (Lipinski definition) is 2. The number of nitrogens with zero attached hydrogens (tertiary/aromatic N) is 2. The van der Waals surface area contributed by atoms with Gasteiger partial charge in [-0.2, -0.15) is 0 Å². The minimum absolute atomic E-state index is 0.875. The number of para-hydroxylation sites is 5. The quantitative estimate of drug-likeness (QED) is 0.178. The zero-order valence-electron chi connectivity index (χ0n) is 27.8. The van der Waals surface area contributed by atoms with E-state index in [2.05, 4.69) is 198 Å². The molecule has 0 saturated heterocycles. The normalized spacial score (nSPS) is 11.5. The number of furan rings is 1. The van der Waals surface area contributed by atoms with Crippen LogP contribution in [0, 0.1) is 0 Å². The van der Waals surface area contributed by atoms with Crippen molar-refractivity contribution < 1.29 is 4.42 Å². The Morgan fingerprint density at radius 3 is 1.76 bits per heavy atom. The van der Waals surface area contributed by atoms with Gasteiger partial charge < -0.3 is 13.9 Å². The number of benzene rings is 8. The highest BCUT2D eigenvalue weighted by Gasteiger charge is 2.22. The van der Waals surface area contributed by atoms with Gasteiger partial charge in [-0.25, -0.2) is 0 Å². The van der Waals surface area contributed by atoms with E-state index in [1.165, 1.54) is 27.4 Å². The highest BCUT2D eigenvalue weighted by Crippen LogP contribution is 2.46. The fourth-order valence-electron chi connectivity index (χ4n) is 7.70. The maximum absolute atomic E-state index is 6.72. The van der Waals surface area contributed by atoms with Gasteiger partial charge in [-0.05, 0) is 71.8 Å². The Labute approximate surface area is 295 Å². The van der Waals surface area contributed by atoms with Gasteiger partial charge in [0.1, 0.15) is 11.2 Å². The fraction of sp³-hybridized carbons (Fsp3) is 0. The van der Waals surface area contributed by atoms with Crippen LogP contribution in [0.5, 0.6) is 0 Å². The molecule has 240 valence electrons. The van der Waals surface area contributed by atoms with Crippen LogP contribution in [0.25, 0.3) is 71.7 Å². The van der Waals surface area contributed by atoms with Gasteiger partial charge >= 0.3 is 0 Å². The van der Waals surface area contributed by atoms with Crippen molar-refractivity contribution >= 4 is 60.8 Å². The molecular formula is C48H32N2O. The van der Waals surface area contributed by atoms with E-state index in [0.29, 0.717) is 0 Å². The van der Waals surface area contributed by atoms with Crippen LogP contribution in [-0.2, 0) is 0 Å². The Balaban J connectivity index is 1.25. The summed E-state index contributed by atoms with van der Waals surface area (Å²) in [5, 5.41) is 4.67. The summed E-state index contributed by atoms with van der Waals surface area (Å²) in [6, 6.07) is 69.1. The lowest BCUT2D eigenvalue weighted by atomic mass is 9.98. The van der Waals surface area contributed by atoms with Gasteiger partial charge in [0.05, 0.1) is 16.7 Å². The van der Waals surface area contributed by atoms with Crippen molar-refractivity contribution in [2.75, 3.05) is 4.90 Å². The van der Waals surface area contributed by atoms with Crippen molar-refractivity contribution in [3.8, 4) is 27.9 Å². The van der Waals surface area contributed by atoms with E-state index >= 15 is 0 Å². The molecule has 2 aromatic heterocycles. The van der Waals surface area contributed by atoms with Gasteiger partial charge in [0, 0.05) is 49.7 Å². The van der Waals surface area contributed by atoms with Gasteiger partial charge in [-0.3, -0.25) is 0 Å². The minimum Gasteiger partial charge on any atom is -0.455 e. The average Bonchev–Trinajstić information content (AvgIpc) is 3.75. The molecule has 0 aliphatic carbocycles. The van der Waals surface area contributed by atoms with E-state index in [1.54, 1.807) is 0 Å². The minimum atomic E-state index is 0.875. The summed E-state index contributed by atoms with van der Waals surface area (Å²) in [4.78, 5) is 2.38. The van der Waals surface area contributed by atoms with Crippen molar-refractivity contribution in [2.24, 2.45) is 0 Å². The Kier molecular flexibility index (Phi) is 6.81. The standard InChI is InChI=1S/C48H32N2O/c1-3-16-33(17-4-1)38-22-7-11-26-44(38)49(35-19-5-2-6-20-35)37-31-42(48-43(32-37)41-25-10-14-29-47(41)51-48)34-18-15-21-36(30-34)50-45-27-12-8-23-39(45)40-24-9-13-28-46(40)50/h1-32H. The topological polar surface area (TPSA) is 21.3 Å². The van der Waals surface area contributed by atoms with Crippen LogP contribution >= 0.6 is 0 Å². The number of rotatable bonds is 6. The zero-order chi connectivity index (χ0) is 33.7. The summed E-state index contributed by atoms with van der Waals surface area (Å²) in [7, 11) is 0. The molecule has 10 aromatic rings. The Morgan fingerprint density at radius 2 is 1.00 bits per heavy atom. The molecule has 8 aromatic carbocycles. The molecule has 0 atom stereocenters. The largest absolute Gasteiger partial charge is 0.455 e. The lowest BCUT2D eigenvalue weighted by molar-refractivity contribution is 0.670. The van der Waals surface area contributed by atoms with Crippen LogP contribution in [0.1, 0.15) is 0 Å². The molecule has 0 N–H and O–H groups in total. The third kappa shape index (κ3) is 4.82. The SMILES string of the molecule is c1ccc(-c2ccccc2N(c2ccccc2)c2cc(-c3cccc(-n4c5ccccc5c5ccccc54)c3)c3oc4ccccc4c3c2)cc1. The van der Waals surface area contributed by atoms with Crippen LogP contribution in [0.3, 0.4) is 0 Å². The van der Waals surface area contributed by atoms with Crippen LogP contribution < -0.4 is 4.90 Å². The van der Waals surface area contributed by atoms with Crippen molar-refractivity contribution in [2.45, 2.75) is 0 Å². The molecule has 0 aliphatic rings. The molecule has 0 unspecified atom stereocenters. The Hall–Kier alpha value is -6.84. The monoisotopic (exact) mass is 652 g/mol. The van der Waals surface area contributed by atoms with E-state index in [1.807, 2.05) is 6.07 Å². The highest BCUT2D eigenvalue weighted by molar-refractivity contribution is 6.12. The summed E-state index contributed by atoms with van der Waals surface area (Å²) in [5.74, 6) is 0. The summed E-state index contributed by atoms with van der Waals surface area (Å²) in [6.45, 7) is 0. The maximum Gasteiger partial charge on any atom is 0.143 e. The van der Waals surface area contributed by atoms with Crippen molar-refractivity contribution in [3.05, 3.63) is 194 Å². The van der Waals surface area contributed by atoms with Gasteiger partial charge in [0.2, 0.25) is 0 Å². The van der Waals surface area contributed by atoms with Gasteiger partial charge in [-0.1, -0.05) is 133 Å². The van der Waals surface area contributed by atoms with E-state index in [-0.39, 0.29) is 0 Å². The lowest BCUT2D eigenvalue weighted by Gasteiger charge is -2.28. The lowest BCUT2D eigenvalue weighted by Crippen LogP contribution is -2.11. The van der Waals surface area contributed by atoms with Gasteiger partial charge in [0.15, 0.2) is 0 Å². The summed E-state index contributed by atoms with van der Waals surface area (Å²) in [6.07, 6.45) is 0. The van der Waals surface area contributed by atoms with Crippen molar-refractivity contribution in [3.63, 3.8) is 0 Å². The fourth-order valence-corrected chi connectivity index (χ4v) is 7.70. The highest BCUT2D eigenvalue weighted by atomic mass is 16.3. The second-order valence-electron chi connectivity index (χ2n) is 12.9. The maximum atomic E-state index is 6.72. The molecule has 0 fully saturated rings. The predicted molar refractivity (Wildman–Crippen MR) is 214 cm³/mol. The van der Waals surface area contributed by atoms with Gasteiger partial charge in [0.25, 0.3) is 0 Å². The van der Waals surface area contributed by atoms with Crippen LogP contribution in [0.4, 0.5) is 17.1 Å². The smallest absolute Gasteiger partial charge is 0.143 e. The predicted octanol–water partition coefficient (Wildman–Crippen LogP) is 13.5. The number of hydrogen-bond donors (Lipinski definition) is 0. The average molecular weight is 653 g/mol. The molecule has 0 bridgehead atoms. The number of fused-ring (bicyclic) bond motifs is 6. The molecule has 3 nitrogen and oxygen atoms in total. The molecular weight excluding hydrogens is 621 g/mol. The van der Waals surface area contributed by atoms with E-state index in [4.69, 9.17) is 4.42 Å². The summed E-state index contributed by atoms with van der Waals surface area (Å²) >= 11 is 0. The first-order chi connectivity index (χ1) is 25.3. The van der Waals surface area contributed by atoms with E-state index in [9.17, 15) is 0 Å². The second kappa shape index (κ2) is 11.9. The summed E-state index contributed by atoms with van der Waals surface area (Å²) < 4.78 is 9.10. The van der Waals surface area contributed by atoms with Crippen LogP contribution in [0.15, 0.2) is 199 Å². The molecule has 0 amide bonds. The number of anilines is 3. The van der Waals surface area contributed by atoms with Gasteiger partial charge in [-0.15, -0.1) is 0 Å². The molecule has 0 radical (unpaired) electrons. The molecule has 10 rings (SSSR count). The molecule has 51 heavy (non-hydrogen) atoms. The molecule has 2 heterocycles. The first-order valence-electron chi connectivity index (χ1n) is 17.4. The molecule has 0 aliphatic heterocycles. The van der Waals surface area contributed by atoms with E-state index in [0.717, 1.165) is 61.4 Å². The van der Waals surface area contributed by atoms with Crippen LogP contribution in [0.2, 0.25) is 0 Å². The van der Waals surface area contributed by atoms with E-state index < -0.39 is 0 Å². The first-order valence-corrected chi connectivity index (χ1v) is 17.4. The third-order valence-corrected chi connectivity index (χ3v) is 9.96. The second-order valence-corrected chi connectivity index (χ2v) is 12.9. The molecule has 3 heteroatoms. The van der Waals surface area contributed by atoms with Crippen molar-refractivity contribution in [1.29, 1.82) is 0 Å². The Morgan fingerprint density at radius 1 is 0.392 bits per heavy atom. The molecule has 0 saturated carbocycles. The third-order valence-electron chi connectivity index (χ3n) is 9.96. The first kappa shape index (κ1) is 29.1. The number of aromatic nitrogens is 1. The molecule has 0 spiro atoms.